The summed E-state index contributed by atoms with van der Waals surface area (Å²) in [5, 5.41) is 12.4. The number of aliphatic hydroxyl groups excluding tert-OH is 1. The lowest BCUT2D eigenvalue weighted by Gasteiger charge is -2.11. The highest BCUT2D eigenvalue weighted by Crippen LogP contribution is 2.28. The summed E-state index contributed by atoms with van der Waals surface area (Å²) in [4.78, 5) is 12.1. The second-order valence-corrected chi connectivity index (χ2v) is 4.73. The van der Waals surface area contributed by atoms with E-state index >= 15 is 0 Å². The van der Waals surface area contributed by atoms with Gasteiger partial charge in [0.25, 0.3) is 5.91 Å². The van der Waals surface area contributed by atoms with Crippen LogP contribution in [0.1, 0.15) is 30.3 Å². The summed E-state index contributed by atoms with van der Waals surface area (Å²) in [6.07, 6.45) is 1.39. The van der Waals surface area contributed by atoms with Gasteiger partial charge in [0, 0.05) is 18.0 Å². The van der Waals surface area contributed by atoms with Crippen LogP contribution in [0.3, 0.4) is 0 Å². The Hall–Kier alpha value is -2.01. The van der Waals surface area contributed by atoms with Crippen molar-refractivity contribution in [2.45, 2.75) is 25.8 Å². The first-order valence-electron chi connectivity index (χ1n) is 6.64. The van der Waals surface area contributed by atoms with E-state index < -0.39 is 0 Å². The van der Waals surface area contributed by atoms with Gasteiger partial charge in [0.05, 0.1) is 7.11 Å². The van der Waals surface area contributed by atoms with E-state index in [2.05, 4.69) is 5.32 Å². The first-order chi connectivity index (χ1) is 9.65. The molecule has 1 aromatic carbocycles. The Morgan fingerprint density at radius 3 is 3.00 bits per heavy atom. The number of para-hydroxylation sites is 1. The van der Waals surface area contributed by atoms with Gasteiger partial charge in [-0.15, -0.1) is 0 Å². The summed E-state index contributed by atoms with van der Waals surface area (Å²) >= 11 is 0. The van der Waals surface area contributed by atoms with Gasteiger partial charge in [0.2, 0.25) is 0 Å². The average molecular weight is 277 g/mol. The molecule has 5 nitrogen and oxygen atoms in total. The monoisotopic (exact) mass is 277 g/mol. The number of carbonyl (C=O) groups excluding carboxylic acids is 1. The van der Waals surface area contributed by atoms with Gasteiger partial charge in [-0.25, -0.2) is 0 Å². The van der Waals surface area contributed by atoms with Gasteiger partial charge in [-0.05, 0) is 31.9 Å². The number of ether oxygens (including phenoxy) is 1. The van der Waals surface area contributed by atoms with E-state index in [1.54, 1.807) is 19.2 Å². The summed E-state index contributed by atoms with van der Waals surface area (Å²) in [5.74, 6) is 0.615. The van der Waals surface area contributed by atoms with E-state index in [1.165, 1.54) is 0 Å². The summed E-state index contributed by atoms with van der Waals surface area (Å²) in [7, 11) is 1.56. The molecule has 0 aliphatic rings. The number of rotatable bonds is 6. The maximum absolute atomic E-state index is 12.1. The molecule has 1 heterocycles. The molecule has 2 rings (SSSR count). The zero-order valence-corrected chi connectivity index (χ0v) is 11.7. The normalized spacial score (nSPS) is 12.3. The Kier molecular flexibility index (Phi) is 4.63. The van der Waals surface area contributed by atoms with Crippen molar-refractivity contribution in [1.29, 1.82) is 0 Å². The van der Waals surface area contributed by atoms with Crippen LogP contribution in [0.25, 0.3) is 11.0 Å². The van der Waals surface area contributed by atoms with Crippen LogP contribution in [0.2, 0.25) is 0 Å². The molecule has 108 valence electrons. The van der Waals surface area contributed by atoms with E-state index in [4.69, 9.17) is 14.3 Å². The molecule has 20 heavy (non-hydrogen) atoms. The fourth-order valence-corrected chi connectivity index (χ4v) is 2.07. The molecule has 0 spiro atoms. The maximum atomic E-state index is 12.1. The SMILES string of the molecule is COc1cccc2cc(C(=O)NC(C)CCCO)oc12. The van der Waals surface area contributed by atoms with Gasteiger partial charge in [-0.1, -0.05) is 12.1 Å². The van der Waals surface area contributed by atoms with E-state index in [9.17, 15) is 4.79 Å². The summed E-state index contributed by atoms with van der Waals surface area (Å²) < 4.78 is 10.8. The Bertz CT molecular complexity index is 591. The van der Waals surface area contributed by atoms with Crippen LogP contribution in [0.15, 0.2) is 28.7 Å². The number of furan rings is 1. The predicted octanol–water partition coefficient (Wildman–Crippen LogP) is 2.33. The van der Waals surface area contributed by atoms with Crippen molar-refractivity contribution in [3.05, 3.63) is 30.0 Å². The lowest BCUT2D eigenvalue weighted by atomic mass is 10.2. The molecule has 1 atom stereocenters. The van der Waals surface area contributed by atoms with E-state index in [1.807, 2.05) is 19.1 Å². The number of hydrogen-bond acceptors (Lipinski definition) is 4. The Balaban J connectivity index is 2.14. The second-order valence-electron chi connectivity index (χ2n) is 4.73. The van der Waals surface area contributed by atoms with Crippen LogP contribution in [-0.2, 0) is 0 Å². The first kappa shape index (κ1) is 14.4. The third-order valence-corrected chi connectivity index (χ3v) is 3.12. The van der Waals surface area contributed by atoms with Crippen LogP contribution >= 0.6 is 0 Å². The number of carbonyl (C=O) groups is 1. The van der Waals surface area contributed by atoms with Crippen molar-refractivity contribution >= 4 is 16.9 Å². The molecule has 0 bridgehead atoms. The van der Waals surface area contributed by atoms with Crippen LogP contribution in [0.4, 0.5) is 0 Å². The van der Waals surface area contributed by atoms with Crippen molar-refractivity contribution in [3.8, 4) is 5.75 Å². The van der Waals surface area contributed by atoms with Gasteiger partial charge in [0.15, 0.2) is 17.1 Å². The van der Waals surface area contributed by atoms with Crippen molar-refractivity contribution in [3.63, 3.8) is 0 Å². The second kappa shape index (κ2) is 6.43. The van der Waals surface area contributed by atoms with Crippen LogP contribution in [0, 0.1) is 0 Å². The third kappa shape index (κ3) is 3.11. The van der Waals surface area contributed by atoms with Crippen molar-refractivity contribution in [2.75, 3.05) is 13.7 Å². The molecule has 0 radical (unpaired) electrons. The fourth-order valence-electron chi connectivity index (χ4n) is 2.07. The van der Waals surface area contributed by atoms with Crippen LogP contribution in [0.5, 0.6) is 5.75 Å². The van der Waals surface area contributed by atoms with Crippen LogP contribution in [-0.4, -0.2) is 30.8 Å². The van der Waals surface area contributed by atoms with Crippen molar-refractivity contribution in [2.24, 2.45) is 0 Å². The van der Waals surface area contributed by atoms with E-state index in [0.29, 0.717) is 17.8 Å². The third-order valence-electron chi connectivity index (χ3n) is 3.12. The molecule has 1 amide bonds. The maximum Gasteiger partial charge on any atom is 0.287 e. The molecule has 0 aliphatic carbocycles. The number of amides is 1. The summed E-state index contributed by atoms with van der Waals surface area (Å²) in [6, 6.07) is 7.20. The van der Waals surface area contributed by atoms with Crippen molar-refractivity contribution < 1.29 is 19.1 Å². The molecule has 2 N–H and O–H groups in total. The van der Waals surface area contributed by atoms with Gasteiger partial charge >= 0.3 is 0 Å². The largest absolute Gasteiger partial charge is 0.493 e. The molecule has 5 heteroatoms. The van der Waals surface area contributed by atoms with Gasteiger partial charge in [0.1, 0.15) is 0 Å². The molecule has 1 aromatic heterocycles. The van der Waals surface area contributed by atoms with E-state index in [0.717, 1.165) is 11.8 Å². The van der Waals surface area contributed by atoms with Crippen LogP contribution < -0.4 is 10.1 Å². The van der Waals surface area contributed by atoms with Gasteiger partial charge in [-0.2, -0.15) is 0 Å². The highest BCUT2D eigenvalue weighted by molar-refractivity contribution is 5.97. The zero-order valence-electron chi connectivity index (χ0n) is 11.7. The van der Waals surface area contributed by atoms with Gasteiger partial charge < -0.3 is 19.6 Å². The summed E-state index contributed by atoms with van der Waals surface area (Å²) in [6.45, 7) is 2.03. The average Bonchev–Trinajstić information content (AvgIpc) is 2.89. The molecule has 0 aliphatic heterocycles. The Labute approximate surface area is 117 Å². The number of aliphatic hydroxyl groups is 1. The molecule has 1 unspecified atom stereocenters. The number of benzene rings is 1. The number of nitrogens with one attached hydrogen (secondary N) is 1. The molecule has 0 saturated carbocycles. The number of methoxy groups -OCH3 is 1. The Morgan fingerprint density at radius 1 is 1.50 bits per heavy atom. The fraction of sp³-hybridized carbons (Fsp3) is 0.400. The summed E-state index contributed by atoms with van der Waals surface area (Å²) in [5.41, 5.74) is 0.572. The lowest BCUT2D eigenvalue weighted by Crippen LogP contribution is -2.32. The molecular weight excluding hydrogens is 258 g/mol. The topological polar surface area (TPSA) is 71.7 Å². The number of fused-ring (bicyclic) bond motifs is 1. The molecule has 0 saturated heterocycles. The minimum absolute atomic E-state index is 0.00948. The molecule has 2 aromatic rings. The zero-order chi connectivity index (χ0) is 14.5. The van der Waals surface area contributed by atoms with Crippen molar-refractivity contribution in [1.82, 2.24) is 5.32 Å². The number of hydrogen-bond donors (Lipinski definition) is 2. The molecule has 0 fully saturated rings. The molecular formula is C15H19NO4. The standard InChI is InChI=1S/C15H19NO4/c1-10(5-4-8-17)16-15(18)13-9-11-6-3-7-12(19-2)14(11)20-13/h3,6-7,9-10,17H,4-5,8H2,1-2H3,(H,16,18). The first-order valence-corrected chi connectivity index (χ1v) is 6.64. The predicted molar refractivity (Wildman–Crippen MR) is 76.0 cm³/mol. The highest BCUT2D eigenvalue weighted by Gasteiger charge is 2.16. The highest BCUT2D eigenvalue weighted by atomic mass is 16.5. The Morgan fingerprint density at radius 2 is 2.30 bits per heavy atom. The quantitative estimate of drug-likeness (QED) is 0.850. The smallest absolute Gasteiger partial charge is 0.287 e. The lowest BCUT2D eigenvalue weighted by molar-refractivity contribution is 0.0910. The van der Waals surface area contributed by atoms with E-state index in [-0.39, 0.29) is 24.3 Å². The minimum Gasteiger partial charge on any atom is -0.493 e. The minimum atomic E-state index is -0.256. The van der Waals surface area contributed by atoms with Gasteiger partial charge in [-0.3, -0.25) is 4.79 Å².